The molecule has 1 aromatic heterocycles. The van der Waals surface area contributed by atoms with Crippen LogP contribution < -0.4 is 4.90 Å². The van der Waals surface area contributed by atoms with E-state index < -0.39 is 0 Å². The summed E-state index contributed by atoms with van der Waals surface area (Å²) in [5, 5.41) is 0. The van der Waals surface area contributed by atoms with Gasteiger partial charge in [-0.2, -0.15) is 0 Å². The number of para-hydroxylation sites is 2. The molecule has 5 nitrogen and oxygen atoms in total. The minimum absolute atomic E-state index is 0.00755. The highest BCUT2D eigenvalue weighted by atomic mass is 16.5. The summed E-state index contributed by atoms with van der Waals surface area (Å²) in [5.41, 5.74) is 3.41. The Hall–Kier alpha value is -2.82. The van der Waals surface area contributed by atoms with E-state index in [1.54, 1.807) is 0 Å². The summed E-state index contributed by atoms with van der Waals surface area (Å²) in [6, 6.07) is 18.7. The molecule has 0 aliphatic carbocycles. The number of rotatable bonds is 5. The lowest BCUT2D eigenvalue weighted by atomic mass is 9.97. The third-order valence-corrected chi connectivity index (χ3v) is 5.22. The predicted octanol–water partition coefficient (Wildman–Crippen LogP) is 3.86. The molecule has 140 valence electrons. The van der Waals surface area contributed by atoms with Crippen LogP contribution in [-0.2, 0) is 16.1 Å². The Bertz CT molecular complexity index is 912. The Morgan fingerprint density at radius 1 is 1.07 bits per heavy atom. The molecular weight excluding hydrogens is 338 g/mol. The van der Waals surface area contributed by atoms with Crippen LogP contribution in [0.4, 0.5) is 5.95 Å². The van der Waals surface area contributed by atoms with Gasteiger partial charge in [0.1, 0.15) is 0 Å². The van der Waals surface area contributed by atoms with E-state index in [-0.39, 0.29) is 11.9 Å². The lowest BCUT2D eigenvalue weighted by Gasteiger charge is -2.32. The minimum Gasteiger partial charge on any atom is -0.466 e. The zero-order valence-corrected chi connectivity index (χ0v) is 15.7. The van der Waals surface area contributed by atoms with Crippen molar-refractivity contribution >= 4 is 23.0 Å². The molecule has 4 rings (SSSR count). The Kier molecular flexibility index (Phi) is 5.10. The number of ether oxygens (including phenoxy) is 1. The third-order valence-electron chi connectivity index (χ3n) is 5.22. The van der Waals surface area contributed by atoms with Crippen LogP contribution in [0.1, 0.15) is 25.3 Å². The fourth-order valence-corrected chi connectivity index (χ4v) is 3.80. The molecule has 3 aromatic rings. The van der Waals surface area contributed by atoms with E-state index in [1.165, 1.54) is 5.56 Å². The molecule has 27 heavy (non-hydrogen) atoms. The fraction of sp³-hybridized carbons (Fsp3) is 0.364. The van der Waals surface area contributed by atoms with Gasteiger partial charge < -0.3 is 14.2 Å². The van der Waals surface area contributed by atoms with Gasteiger partial charge in [-0.15, -0.1) is 0 Å². The number of imidazole rings is 1. The lowest BCUT2D eigenvalue weighted by Crippen LogP contribution is -2.38. The molecular formula is C22H25N3O2. The molecule has 0 N–H and O–H groups in total. The van der Waals surface area contributed by atoms with Crippen LogP contribution in [0.5, 0.6) is 0 Å². The molecule has 1 fully saturated rings. The molecule has 0 radical (unpaired) electrons. The second-order valence-electron chi connectivity index (χ2n) is 6.99. The number of fused-ring (bicyclic) bond motifs is 1. The van der Waals surface area contributed by atoms with Gasteiger partial charge in [-0.3, -0.25) is 4.79 Å². The van der Waals surface area contributed by atoms with Crippen LogP contribution >= 0.6 is 0 Å². The maximum Gasteiger partial charge on any atom is 0.309 e. The first-order chi connectivity index (χ1) is 13.3. The molecule has 0 saturated carbocycles. The minimum atomic E-state index is -0.0602. The van der Waals surface area contributed by atoms with Crippen molar-refractivity contribution in [3.63, 3.8) is 0 Å². The summed E-state index contributed by atoms with van der Waals surface area (Å²) in [6.45, 7) is 4.74. The number of esters is 1. The molecule has 5 heteroatoms. The van der Waals surface area contributed by atoms with E-state index >= 15 is 0 Å². The molecule has 0 bridgehead atoms. The number of benzene rings is 2. The maximum absolute atomic E-state index is 12.0. The van der Waals surface area contributed by atoms with Crippen molar-refractivity contribution in [2.75, 3.05) is 24.6 Å². The summed E-state index contributed by atoms with van der Waals surface area (Å²) in [6.07, 6.45) is 1.63. The van der Waals surface area contributed by atoms with Crippen LogP contribution in [0, 0.1) is 5.92 Å². The van der Waals surface area contributed by atoms with Crippen LogP contribution in [0.2, 0.25) is 0 Å². The predicted molar refractivity (Wildman–Crippen MR) is 107 cm³/mol. The Morgan fingerprint density at radius 2 is 1.78 bits per heavy atom. The lowest BCUT2D eigenvalue weighted by molar-refractivity contribution is -0.148. The number of carbonyl (C=O) groups is 1. The number of aromatic nitrogens is 2. The van der Waals surface area contributed by atoms with Crippen molar-refractivity contribution in [3.05, 3.63) is 60.2 Å². The van der Waals surface area contributed by atoms with Gasteiger partial charge in [-0.1, -0.05) is 42.5 Å². The number of piperidine rings is 1. The zero-order chi connectivity index (χ0) is 18.6. The first-order valence-electron chi connectivity index (χ1n) is 9.67. The van der Waals surface area contributed by atoms with E-state index in [0.29, 0.717) is 6.61 Å². The summed E-state index contributed by atoms with van der Waals surface area (Å²) in [7, 11) is 0. The number of carbonyl (C=O) groups excluding carboxylic acids is 1. The van der Waals surface area contributed by atoms with Crippen molar-refractivity contribution in [2.24, 2.45) is 5.92 Å². The van der Waals surface area contributed by atoms with Crippen molar-refractivity contribution in [1.82, 2.24) is 9.55 Å². The summed E-state index contributed by atoms with van der Waals surface area (Å²) < 4.78 is 7.48. The summed E-state index contributed by atoms with van der Waals surface area (Å²) in [4.78, 5) is 19.2. The average molecular weight is 363 g/mol. The van der Waals surface area contributed by atoms with Gasteiger partial charge in [0.25, 0.3) is 0 Å². The largest absolute Gasteiger partial charge is 0.466 e. The van der Waals surface area contributed by atoms with Crippen LogP contribution in [0.25, 0.3) is 11.0 Å². The van der Waals surface area contributed by atoms with Crippen LogP contribution in [-0.4, -0.2) is 35.2 Å². The first kappa shape index (κ1) is 17.6. The van der Waals surface area contributed by atoms with Gasteiger partial charge in [0.15, 0.2) is 0 Å². The van der Waals surface area contributed by atoms with Crippen LogP contribution in [0.3, 0.4) is 0 Å². The van der Waals surface area contributed by atoms with Gasteiger partial charge in [0, 0.05) is 13.1 Å². The smallest absolute Gasteiger partial charge is 0.309 e. The Balaban J connectivity index is 1.60. The molecule has 0 unspecified atom stereocenters. The maximum atomic E-state index is 12.0. The summed E-state index contributed by atoms with van der Waals surface area (Å²) >= 11 is 0. The van der Waals surface area contributed by atoms with Gasteiger partial charge in [0.05, 0.1) is 30.1 Å². The quantitative estimate of drug-likeness (QED) is 0.646. The number of hydrogen-bond acceptors (Lipinski definition) is 4. The zero-order valence-electron chi connectivity index (χ0n) is 15.7. The molecule has 0 atom stereocenters. The number of hydrogen-bond donors (Lipinski definition) is 0. The number of anilines is 1. The average Bonchev–Trinajstić information content (AvgIpc) is 3.08. The van der Waals surface area contributed by atoms with E-state index in [4.69, 9.17) is 9.72 Å². The van der Waals surface area contributed by atoms with E-state index in [1.807, 2.05) is 19.1 Å². The summed E-state index contributed by atoms with van der Waals surface area (Å²) in [5.74, 6) is 0.936. The van der Waals surface area contributed by atoms with Crippen molar-refractivity contribution in [3.8, 4) is 0 Å². The molecule has 0 spiro atoms. The molecule has 0 amide bonds. The monoisotopic (exact) mass is 363 g/mol. The molecule has 1 aliphatic heterocycles. The molecule has 1 aliphatic rings. The van der Waals surface area contributed by atoms with E-state index in [0.717, 1.165) is 49.5 Å². The highest BCUT2D eigenvalue weighted by molar-refractivity contribution is 5.79. The Labute approximate surface area is 159 Å². The second kappa shape index (κ2) is 7.82. The van der Waals surface area contributed by atoms with E-state index in [9.17, 15) is 4.79 Å². The number of nitrogens with zero attached hydrogens (tertiary/aromatic N) is 3. The highest BCUT2D eigenvalue weighted by Crippen LogP contribution is 2.28. The van der Waals surface area contributed by atoms with Gasteiger partial charge in [-0.25, -0.2) is 4.98 Å². The fourth-order valence-electron chi connectivity index (χ4n) is 3.80. The van der Waals surface area contributed by atoms with Crippen LogP contribution in [0.15, 0.2) is 54.6 Å². The second-order valence-corrected chi connectivity index (χ2v) is 6.99. The van der Waals surface area contributed by atoms with Gasteiger partial charge in [0.2, 0.25) is 5.95 Å². The molecule has 2 aromatic carbocycles. The SMILES string of the molecule is CCOC(=O)C1CCN(c2nc3ccccc3n2Cc2ccccc2)CC1. The van der Waals surface area contributed by atoms with Crippen molar-refractivity contribution in [2.45, 2.75) is 26.3 Å². The third kappa shape index (κ3) is 3.68. The van der Waals surface area contributed by atoms with Crippen molar-refractivity contribution in [1.29, 1.82) is 0 Å². The topological polar surface area (TPSA) is 47.4 Å². The van der Waals surface area contributed by atoms with Crippen molar-refractivity contribution < 1.29 is 9.53 Å². The standard InChI is InChI=1S/C22H25N3O2/c1-2-27-21(26)18-12-14-24(15-13-18)22-23-19-10-6-7-11-20(19)25(22)16-17-8-4-3-5-9-17/h3-11,18H,2,12-16H2,1H3. The molecule has 1 saturated heterocycles. The molecule has 2 heterocycles. The van der Waals surface area contributed by atoms with E-state index in [2.05, 4.69) is 51.9 Å². The highest BCUT2D eigenvalue weighted by Gasteiger charge is 2.28. The van der Waals surface area contributed by atoms with Gasteiger partial charge >= 0.3 is 5.97 Å². The first-order valence-corrected chi connectivity index (χ1v) is 9.67. The van der Waals surface area contributed by atoms with Gasteiger partial charge in [-0.05, 0) is 37.5 Å². The normalized spacial score (nSPS) is 15.2. The Morgan fingerprint density at radius 3 is 2.52 bits per heavy atom.